The maximum atomic E-state index is 8.92. The topological polar surface area (TPSA) is 50.8 Å². The molecule has 0 radical (unpaired) electrons. The van der Waals surface area contributed by atoms with E-state index in [1.54, 1.807) is 6.08 Å². The van der Waals surface area contributed by atoms with Crippen molar-refractivity contribution in [2.75, 3.05) is 4.90 Å². The van der Waals surface area contributed by atoms with Crippen LogP contribution in [-0.4, -0.2) is 0 Å². The summed E-state index contributed by atoms with van der Waals surface area (Å²) >= 11 is 6.96. The molecule has 3 aromatic rings. The Kier molecular flexibility index (Phi) is 6.08. The molecule has 3 aromatic carbocycles. The first kappa shape index (κ1) is 18.9. The minimum absolute atomic E-state index is 0.0837. The van der Waals surface area contributed by atoms with Crippen molar-refractivity contribution in [1.82, 2.24) is 0 Å². The van der Waals surface area contributed by atoms with Crippen molar-refractivity contribution >= 4 is 55.0 Å². The first-order valence-corrected chi connectivity index (χ1v) is 9.62. The third-order valence-corrected chi connectivity index (χ3v) is 4.93. The van der Waals surface area contributed by atoms with E-state index in [-0.39, 0.29) is 5.57 Å². The summed E-state index contributed by atoms with van der Waals surface area (Å²) in [5.41, 5.74) is 3.92. The normalized spacial score (nSPS) is 9.78. The molecule has 0 spiro atoms. The van der Waals surface area contributed by atoms with Crippen molar-refractivity contribution in [2.45, 2.75) is 0 Å². The van der Waals surface area contributed by atoms with E-state index in [0.717, 1.165) is 31.6 Å². The minimum atomic E-state index is 0.0837. The van der Waals surface area contributed by atoms with Crippen LogP contribution in [0.4, 0.5) is 17.1 Å². The number of rotatable bonds is 4. The maximum Gasteiger partial charge on any atom is 0.130 e. The SMILES string of the molecule is N#CC(C#N)=Cc1ccc(N(c2ccc(Br)cc2)c2ccc(Br)cc2)cc1. The van der Waals surface area contributed by atoms with Gasteiger partial charge in [0.2, 0.25) is 0 Å². The fraction of sp³-hybridized carbons (Fsp3) is 0. The number of allylic oxidation sites excluding steroid dienone is 1. The summed E-state index contributed by atoms with van der Waals surface area (Å²) in [6.45, 7) is 0. The summed E-state index contributed by atoms with van der Waals surface area (Å²) < 4.78 is 2.03. The third kappa shape index (κ3) is 4.65. The van der Waals surface area contributed by atoms with E-state index in [1.165, 1.54) is 0 Å². The van der Waals surface area contributed by atoms with Crippen LogP contribution in [0.1, 0.15) is 5.56 Å². The van der Waals surface area contributed by atoms with Crippen molar-refractivity contribution < 1.29 is 0 Å². The number of halogens is 2. The number of anilines is 3. The van der Waals surface area contributed by atoms with Crippen LogP contribution in [0.2, 0.25) is 0 Å². The number of nitrogens with zero attached hydrogens (tertiary/aromatic N) is 3. The lowest BCUT2D eigenvalue weighted by Crippen LogP contribution is -2.09. The lowest BCUT2D eigenvalue weighted by Gasteiger charge is -2.25. The fourth-order valence-corrected chi connectivity index (χ4v) is 3.13. The second-order valence-electron chi connectivity index (χ2n) is 5.66. The summed E-state index contributed by atoms with van der Waals surface area (Å²) in [6.07, 6.45) is 1.58. The zero-order valence-corrected chi connectivity index (χ0v) is 17.3. The van der Waals surface area contributed by atoms with Crippen molar-refractivity contribution in [3.05, 3.63) is 92.9 Å². The molecule has 0 aliphatic carbocycles. The van der Waals surface area contributed by atoms with Crippen molar-refractivity contribution in [3.8, 4) is 12.1 Å². The first-order chi connectivity index (χ1) is 13.1. The average Bonchev–Trinajstić information content (AvgIpc) is 2.70. The molecule has 0 heterocycles. The molecule has 0 atom stereocenters. The molecular weight excluding hydrogens is 466 g/mol. The number of nitriles is 2. The molecule has 0 bridgehead atoms. The molecule has 0 fully saturated rings. The molecule has 0 saturated heterocycles. The van der Waals surface area contributed by atoms with Crippen LogP contribution in [0.25, 0.3) is 6.08 Å². The van der Waals surface area contributed by atoms with Gasteiger partial charge in [0.15, 0.2) is 0 Å². The van der Waals surface area contributed by atoms with Gasteiger partial charge in [-0.3, -0.25) is 0 Å². The second-order valence-corrected chi connectivity index (χ2v) is 7.49. The van der Waals surface area contributed by atoms with Gasteiger partial charge in [-0.2, -0.15) is 10.5 Å². The molecule has 0 amide bonds. The number of hydrogen-bond acceptors (Lipinski definition) is 3. The zero-order chi connectivity index (χ0) is 19.2. The highest BCUT2D eigenvalue weighted by Gasteiger charge is 2.12. The molecule has 130 valence electrons. The summed E-state index contributed by atoms with van der Waals surface area (Å²) in [6, 6.07) is 27.7. The van der Waals surface area contributed by atoms with E-state index in [2.05, 4.69) is 36.8 Å². The van der Waals surface area contributed by atoms with Gasteiger partial charge in [-0.05, 0) is 72.3 Å². The van der Waals surface area contributed by atoms with Crippen LogP contribution < -0.4 is 4.90 Å². The molecule has 0 aliphatic rings. The van der Waals surface area contributed by atoms with Gasteiger partial charge >= 0.3 is 0 Å². The Morgan fingerprint density at radius 2 is 1.04 bits per heavy atom. The van der Waals surface area contributed by atoms with Gasteiger partial charge < -0.3 is 4.90 Å². The van der Waals surface area contributed by atoms with Gasteiger partial charge in [0.25, 0.3) is 0 Å². The average molecular weight is 479 g/mol. The monoisotopic (exact) mass is 477 g/mol. The fourth-order valence-electron chi connectivity index (χ4n) is 2.60. The molecule has 0 aromatic heterocycles. The summed E-state index contributed by atoms with van der Waals surface area (Å²) in [7, 11) is 0. The van der Waals surface area contributed by atoms with Crippen LogP contribution in [0.3, 0.4) is 0 Å². The van der Waals surface area contributed by atoms with Crippen LogP contribution in [0.5, 0.6) is 0 Å². The quantitative estimate of drug-likeness (QED) is 0.375. The van der Waals surface area contributed by atoms with E-state index < -0.39 is 0 Å². The second kappa shape index (κ2) is 8.68. The summed E-state index contributed by atoms with van der Waals surface area (Å²) in [5, 5.41) is 17.8. The van der Waals surface area contributed by atoms with Gasteiger partial charge in [-0.1, -0.05) is 44.0 Å². The van der Waals surface area contributed by atoms with Crippen LogP contribution in [0, 0.1) is 22.7 Å². The molecule has 0 aliphatic heterocycles. The van der Waals surface area contributed by atoms with E-state index in [0.29, 0.717) is 0 Å². The maximum absolute atomic E-state index is 8.92. The predicted molar refractivity (Wildman–Crippen MR) is 116 cm³/mol. The van der Waals surface area contributed by atoms with Crippen LogP contribution in [0.15, 0.2) is 87.3 Å². The van der Waals surface area contributed by atoms with Gasteiger partial charge in [0.05, 0.1) is 0 Å². The lowest BCUT2D eigenvalue weighted by atomic mass is 10.1. The Morgan fingerprint density at radius 3 is 1.41 bits per heavy atom. The predicted octanol–water partition coefficient (Wildman–Crippen LogP) is 7.11. The standard InChI is InChI=1S/C22H13Br2N3/c23-18-3-9-21(10-4-18)27(22-11-5-19(24)6-12-22)20-7-1-16(2-8-20)13-17(14-25)15-26/h1-13H. The van der Waals surface area contributed by atoms with Crippen molar-refractivity contribution in [3.63, 3.8) is 0 Å². The van der Waals surface area contributed by atoms with Crippen LogP contribution >= 0.6 is 31.9 Å². The summed E-state index contributed by atoms with van der Waals surface area (Å²) in [5.74, 6) is 0. The molecule has 27 heavy (non-hydrogen) atoms. The van der Waals surface area contributed by atoms with Crippen LogP contribution in [-0.2, 0) is 0 Å². The zero-order valence-electron chi connectivity index (χ0n) is 14.1. The first-order valence-electron chi connectivity index (χ1n) is 8.04. The molecule has 3 rings (SSSR count). The van der Waals surface area contributed by atoms with Crippen molar-refractivity contribution in [1.29, 1.82) is 10.5 Å². The number of hydrogen-bond donors (Lipinski definition) is 0. The van der Waals surface area contributed by atoms with Gasteiger partial charge in [0, 0.05) is 26.0 Å². The Balaban J connectivity index is 2.04. The van der Waals surface area contributed by atoms with E-state index in [9.17, 15) is 0 Å². The summed E-state index contributed by atoms with van der Waals surface area (Å²) in [4.78, 5) is 2.14. The minimum Gasteiger partial charge on any atom is -0.311 e. The van der Waals surface area contributed by atoms with Gasteiger partial charge in [-0.25, -0.2) is 0 Å². The highest BCUT2D eigenvalue weighted by atomic mass is 79.9. The third-order valence-electron chi connectivity index (χ3n) is 3.87. The molecular formula is C22H13Br2N3. The Labute approximate surface area is 175 Å². The highest BCUT2D eigenvalue weighted by molar-refractivity contribution is 9.10. The smallest absolute Gasteiger partial charge is 0.130 e. The largest absolute Gasteiger partial charge is 0.311 e. The Hall–Kier alpha value is -2.86. The highest BCUT2D eigenvalue weighted by Crippen LogP contribution is 2.35. The van der Waals surface area contributed by atoms with E-state index in [1.807, 2.05) is 84.9 Å². The molecule has 0 unspecified atom stereocenters. The number of benzene rings is 3. The van der Waals surface area contributed by atoms with E-state index in [4.69, 9.17) is 10.5 Å². The van der Waals surface area contributed by atoms with Gasteiger partial charge in [0.1, 0.15) is 17.7 Å². The molecule has 3 nitrogen and oxygen atoms in total. The lowest BCUT2D eigenvalue weighted by molar-refractivity contribution is 1.28. The molecule has 5 heteroatoms. The van der Waals surface area contributed by atoms with Crippen molar-refractivity contribution in [2.24, 2.45) is 0 Å². The Morgan fingerprint density at radius 1 is 0.667 bits per heavy atom. The molecule has 0 N–H and O–H groups in total. The molecule has 0 saturated carbocycles. The van der Waals surface area contributed by atoms with E-state index >= 15 is 0 Å². The Bertz CT molecular complexity index is 978. The van der Waals surface area contributed by atoms with Gasteiger partial charge in [-0.15, -0.1) is 0 Å².